The fourth-order valence-corrected chi connectivity index (χ4v) is 3.69. The first kappa shape index (κ1) is 18.9. The summed E-state index contributed by atoms with van der Waals surface area (Å²) in [6, 6.07) is 8.53. The molecular weight excluding hydrogens is 379 g/mol. The number of Topliss-reactive ketones (excluding diaryl/α,β-unsaturated/α-hetero) is 1. The standard InChI is InChI=1S/C21H19FN2O5/c1-28-19-7-5-12(9-14(19)22)18(25)11-29-21(27)13-4-6-16-15(10-13)23-20(26)17-3-2-8-24(16)17/h4-7,9-10,17H,2-3,8,11H2,1H3,(H,23,26)/t17-/m0/s1. The molecule has 1 saturated heterocycles. The van der Waals surface area contributed by atoms with Crippen LogP contribution in [0.1, 0.15) is 33.6 Å². The highest BCUT2D eigenvalue weighted by Gasteiger charge is 2.36. The van der Waals surface area contributed by atoms with Crippen LogP contribution < -0.4 is 15.0 Å². The van der Waals surface area contributed by atoms with Crippen molar-refractivity contribution in [1.29, 1.82) is 0 Å². The molecule has 2 heterocycles. The molecule has 1 fully saturated rings. The molecule has 2 aromatic carbocycles. The molecule has 2 aliphatic heterocycles. The number of rotatable bonds is 5. The van der Waals surface area contributed by atoms with Crippen molar-refractivity contribution in [2.75, 3.05) is 30.5 Å². The molecule has 0 bridgehead atoms. The number of anilines is 2. The number of esters is 1. The van der Waals surface area contributed by atoms with Crippen LogP contribution in [0.25, 0.3) is 0 Å². The van der Waals surface area contributed by atoms with E-state index in [1.165, 1.54) is 19.2 Å². The maximum absolute atomic E-state index is 13.7. The van der Waals surface area contributed by atoms with Crippen molar-refractivity contribution in [1.82, 2.24) is 0 Å². The second-order valence-corrected chi connectivity index (χ2v) is 6.92. The van der Waals surface area contributed by atoms with Gasteiger partial charge in [0.15, 0.2) is 24.0 Å². The summed E-state index contributed by atoms with van der Waals surface area (Å²) in [4.78, 5) is 38.8. The Kier molecular flexibility index (Phi) is 4.92. The molecule has 29 heavy (non-hydrogen) atoms. The second-order valence-electron chi connectivity index (χ2n) is 6.92. The monoisotopic (exact) mass is 398 g/mol. The van der Waals surface area contributed by atoms with E-state index in [-0.39, 0.29) is 28.8 Å². The lowest BCUT2D eigenvalue weighted by Crippen LogP contribution is -2.43. The highest BCUT2D eigenvalue weighted by Crippen LogP contribution is 2.37. The molecular formula is C21H19FN2O5. The molecule has 150 valence electrons. The Morgan fingerprint density at radius 3 is 2.76 bits per heavy atom. The van der Waals surface area contributed by atoms with E-state index in [1.807, 2.05) is 4.90 Å². The molecule has 0 aromatic heterocycles. The largest absolute Gasteiger partial charge is 0.494 e. The smallest absolute Gasteiger partial charge is 0.338 e. The highest BCUT2D eigenvalue weighted by molar-refractivity contribution is 6.06. The van der Waals surface area contributed by atoms with Crippen molar-refractivity contribution >= 4 is 29.0 Å². The molecule has 1 N–H and O–H groups in total. The Labute approximate surface area is 166 Å². The molecule has 2 aromatic rings. The normalized spacial score (nSPS) is 17.2. The van der Waals surface area contributed by atoms with E-state index >= 15 is 0 Å². The lowest BCUT2D eigenvalue weighted by atomic mass is 10.1. The van der Waals surface area contributed by atoms with E-state index in [0.29, 0.717) is 5.69 Å². The SMILES string of the molecule is COc1ccc(C(=O)COC(=O)c2ccc3c(c2)NC(=O)[C@@H]2CCCN32)cc1F. The van der Waals surface area contributed by atoms with Gasteiger partial charge in [-0.15, -0.1) is 0 Å². The summed E-state index contributed by atoms with van der Waals surface area (Å²) in [5.74, 6) is -1.97. The average Bonchev–Trinajstić information content (AvgIpc) is 3.22. The molecule has 0 saturated carbocycles. The molecule has 7 nitrogen and oxygen atoms in total. The van der Waals surface area contributed by atoms with Crippen LogP contribution in [0, 0.1) is 5.82 Å². The molecule has 8 heteroatoms. The number of amides is 1. The molecule has 0 unspecified atom stereocenters. The predicted molar refractivity (Wildman–Crippen MR) is 103 cm³/mol. The summed E-state index contributed by atoms with van der Waals surface area (Å²) in [5, 5.41) is 2.83. The van der Waals surface area contributed by atoms with Gasteiger partial charge in [0.1, 0.15) is 6.04 Å². The minimum Gasteiger partial charge on any atom is -0.494 e. The summed E-state index contributed by atoms with van der Waals surface area (Å²) < 4.78 is 23.6. The summed E-state index contributed by atoms with van der Waals surface area (Å²) in [6.45, 7) is 0.268. The number of ether oxygens (including phenoxy) is 2. The number of hydrogen-bond donors (Lipinski definition) is 1. The van der Waals surface area contributed by atoms with Crippen molar-refractivity contribution in [3.63, 3.8) is 0 Å². The van der Waals surface area contributed by atoms with Gasteiger partial charge < -0.3 is 19.7 Å². The third-order valence-electron chi connectivity index (χ3n) is 5.16. The van der Waals surface area contributed by atoms with E-state index in [9.17, 15) is 18.8 Å². The number of nitrogens with zero attached hydrogens (tertiary/aromatic N) is 1. The summed E-state index contributed by atoms with van der Waals surface area (Å²) in [5.41, 5.74) is 1.71. The zero-order chi connectivity index (χ0) is 20.5. The minimum atomic E-state index is -0.701. The fraction of sp³-hybridized carbons (Fsp3) is 0.286. The van der Waals surface area contributed by atoms with Gasteiger partial charge in [0.05, 0.1) is 24.0 Å². The van der Waals surface area contributed by atoms with Crippen molar-refractivity contribution in [3.8, 4) is 5.75 Å². The predicted octanol–water partition coefficient (Wildman–Crippen LogP) is 2.79. The Hall–Kier alpha value is -3.42. The van der Waals surface area contributed by atoms with Crippen LogP contribution in [0.3, 0.4) is 0 Å². The molecule has 0 spiro atoms. The molecule has 2 aliphatic rings. The Morgan fingerprint density at radius 2 is 2.00 bits per heavy atom. The van der Waals surface area contributed by atoms with Crippen molar-refractivity contribution in [2.24, 2.45) is 0 Å². The van der Waals surface area contributed by atoms with E-state index in [0.717, 1.165) is 31.1 Å². The number of carbonyl (C=O) groups is 3. The van der Waals surface area contributed by atoms with E-state index in [1.54, 1.807) is 18.2 Å². The first-order valence-corrected chi connectivity index (χ1v) is 9.23. The average molecular weight is 398 g/mol. The number of benzene rings is 2. The zero-order valence-electron chi connectivity index (χ0n) is 15.7. The quantitative estimate of drug-likeness (QED) is 0.616. The van der Waals surface area contributed by atoms with Crippen molar-refractivity contribution in [3.05, 3.63) is 53.3 Å². The number of methoxy groups -OCH3 is 1. The van der Waals surface area contributed by atoms with Crippen molar-refractivity contribution < 1.29 is 28.2 Å². The topological polar surface area (TPSA) is 84.9 Å². The van der Waals surface area contributed by atoms with Gasteiger partial charge >= 0.3 is 5.97 Å². The van der Waals surface area contributed by atoms with E-state index in [4.69, 9.17) is 9.47 Å². The van der Waals surface area contributed by atoms with Crippen LogP contribution in [0.15, 0.2) is 36.4 Å². The van der Waals surface area contributed by atoms with Crippen LogP contribution in [0.5, 0.6) is 5.75 Å². The number of ketones is 1. The zero-order valence-corrected chi connectivity index (χ0v) is 15.7. The molecule has 0 radical (unpaired) electrons. The Morgan fingerprint density at radius 1 is 1.21 bits per heavy atom. The first-order chi connectivity index (χ1) is 14.0. The van der Waals surface area contributed by atoms with Crippen LogP contribution in [-0.2, 0) is 9.53 Å². The molecule has 0 aliphatic carbocycles. The number of fused-ring (bicyclic) bond motifs is 3. The van der Waals surface area contributed by atoms with Crippen LogP contribution in [0.4, 0.5) is 15.8 Å². The van der Waals surface area contributed by atoms with Crippen LogP contribution in [0.2, 0.25) is 0 Å². The number of hydrogen-bond acceptors (Lipinski definition) is 6. The van der Waals surface area contributed by atoms with Gasteiger partial charge in [-0.3, -0.25) is 9.59 Å². The maximum atomic E-state index is 13.7. The van der Waals surface area contributed by atoms with Gasteiger partial charge in [-0.2, -0.15) is 0 Å². The molecule has 1 atom stereocenters. The van der Waals surface area contributed by atoms with Gasteiger partial charge in [0, 0.05) is 12.1 Å². The fourth-order valence-electron chi connectivity index (χ4n) is 3.69. The highest BCUT2D eigenvalue weighted by atomic mass is 19.1. The third kappa shape index (κ3) is 3.53. The first-order valence-electron chi connectivity index (χ1n) is 9.23. The van der Waals surface area contributed by atoms with Crippen LogP contribution >= 0.6 is 0 Å². The number of halogens is 1. The van der Waals surface area contributed by atoms with E-state index in [2.05, 4.69) is 5.32 Å². The summed E-state index contributed by atoms with van der Waals surface area (Å²) in [6.07, 6.45) is 1.75. The third-order valence-corrected chi connectivity index (χ3v) is 5.16. The molecule has 1 amide bonds. The van der Waals surface area contributed by atoms with Gasteiger partial charge in [-0.1, -0.05) is 0 Å². The molecule has 4 rings (SSSR count). The van der Waals surface area contributed by atoms with Gasteiger partial charge in [0.25, 0.3) is 0 Å². The van der Waals surface area contributed by atoms with Crippen LogP contribution in [-0.4, -0.2) is 44.0 Å². The van der Waals surface area contributed by atoms with Gasteiger partial charge in [-0.05, 0) is 49.2 Å². The van der Waals surface area contributed by atoms with Crippen molar-refractivity contribution in [2.45, 2.75) is 18.9 Å². The second kappa shape index (κ2) is 7.54. The summed E-state index contributed by atoms with van der Waals surface area (Å²) >= 11 is 0. The minimum absolute atomic E-state index is 0.0230. The lowest BCUT2D eigenvalue weighted by molar-refractivity contribution is -0.117. The maximum Gasteiger partial charge on any atom is 0.338 e. The Bertz CT molecular complexity index is 1010. The Balaban J connectivity index is 1.44. The summed E-state index contributed by atoms with van der Waals surface area (Å²) in [7, 11) is 1.33. The lowest BCUT2D eigenvalue weighted by Gasteiger charge is -2.33. The van der Waals surface area contributed by atoms with Gasteiger partial charge in [0.2, 0.25) is 5.91 Å². The number of carbonyl (C=O) groups excluding carboxylic acids is 3. The van der Waals surface area contributed by atoms with E-state index < -0.39 is 24.2 Å². The number of nitrogens with one attached hydrogen (secondary N) is 1. The van der Waals surface area contributed by atoms with Gasteiger partial charge in [-0.25, -0.2) is 9.18 Å².